The number of anilines is 2. The van der Waals surface area contributed by atoms with Crippen molar-refractivity contribution in [2.24, 2.45) is 0 Å². The van der Waals surface area contributed by atoms with Gasteiger partial charge in [0.15, 0.2) is 0 Å². The van der Waals surface area contributed by atoms with E-state index in [1.165, 1.54) is 21.3 Å². The number of aromatic nitrogens is 3. The van der Waals surface area contributed by atoms with E-state index < -0.39 is 23.1 Å². The maximum atomic E-state index is 13.5. The zero-order valence-corrected chi connectivity index (χ0v) is 19.3. The predicted molar refractivity (Wildman–Crippen MR) is 125 cm³/mol. The highest BCUT2D eigenvalue weighted by Crippen LogP contribution is 2.31. The van der Waals surface area contributed by atoms with Gasteiger partial charge in [0, 0.05) is 16.8 Å². The van der Waals surface area contributed by atoms with Gasteiger partial charge in [-0.25, -0.2) is 14.2 Å². The van der Waals surface area contributed by atoms with Crippen LogP contribution < -0.4 is 16.7 Å². The van der Waals surface area contributed by atoms with Crippen LogP contribution in [0.2, 0.25) is 5.02 Å². The minimum absolute atomic E-state index is 0.0672. The van der Waals surface area contributed by atoms with Gasteiger partial charge in [-0.05, 0) is 55.2 Å². The van der Waals surface area contributed by atoms with Crippen molar-refractivity contribution in [2.75, 3.05) is 5.32 Å². The Balaban J connectivity index is 1.80. The van der Waals surface area contributed by atoms with E-state index in [4.69, 9.17) is 11.6 Å². The fraction of sp³-hybridized carbons (Fsp3) is 0.375. The topological polar surface area (TPSA) is 68.9 Å². The summed E-state index contributed by atoms with van der Waals surface area (Å²) in [6, 6.07) is 9.57. The lowest BCUT2D eigenvalue weighted by Crippen LogP contribution is -2.45. The second kappa shape index (κ2) is 9.66. The molecule has 0 spiro atoms. The maximum Gasteiger partial charge on any atom is 0.416 e. The molecular weight excluding hydrogens is 469 g/mol. The van der Waals surface area contributed by atoms with Crippen LogP contribution in [0.1, 0.15) is 54.8 Å². The molecule has 1 aliphatic rings. The molecule has 1 aromatic heterocycles. The van der Waals surface area contributed by atoms with Crippen molar-refractivity contribution in [1.82, 2.24) is 14.1 Å². The number of aryl methyl sites for hydroxylation is 1. The van der Waals surface area contributed by atoms with Crippen LogP contribution in [0.25, 0.3) is 0 Å². The van der Waals surface area contributed by atoms with Gasteiger partial charge in [-0.15, -0.1) is 0 Å². The minimum Gasteiger partial charge on any atom is -0.325 e. The van der Waals surface area contributed by atoms with E-state index in [0.717, 1.165) is 42.5 Å². The van der Waals surface area contributed by atoms with Crippen LogP contribution in [0.3, 0.4) is 0 Å². The molecule has 180 valence electrons. The molecule has 3 aromatic rings. The van der Waals surface area contributed by atoms with Crippen molar-refractivity contribution in [3.05, 3.63) is 85.1 Å². The largest absolute Gasteiger partial charge is 0.416 e. The lowest BCUT2D eigenvalue weighted by atomic mass is 9.95. The normalized spacial score (nSPS) is 14.9. The average Bonchev–Trinajstić information content (AvgIpc) is 2.79. The van der Waals surface area contributed by atoms with Gasteiger partial charge >= 0.3 is 17.6 Å². The van der Waals surface area contributed by atoms with Gasteiger partial charge in [0.2, 0.25) is 5.95 Å². The average molecular weight is 493 g/mol. The zero-order chi connectivity index (χ0) is 24.5. The van der Waals surface area contributed by atoms with Crippen molar-refractivity contribution in [1.29, 1.82) is 0 Å². The van der Waals surface area contributed by atoms with Crippen LogP contribution in [0.15, 0.2) is 52.1 Å². The summed E-state index contributed by atoms with van der Waals surface area (Å²) < 4.78 is 42.0. The number of halogens is 4. The Kier molecular flexibility index (Phi) is 6.84. The van der Waals surface area contributed by atoms with E-state index in [2.05, 4.69) is 10.3 Å². The third-order valence-corrected chi connectivity index (χ3v) is 6.47. The maximum absolute atomic E-state index is 13.5. The van der Waals surface area contributed by atoms with Gasteiger partial charge in [-0.3, -0.25) is 4.57 Å². The molecule has 0 unspecified atom stereocenters. The first-order chi connectivity index (χ1) is 16.1. The van der Waals surface area contributed by atoms with Crippen molar-refractivity contribution in [2.45, 2.75) is 57.8 Å². The van der Waals surface area contributed by atoms with Crippen LogP contribution in [0.4, 0.5) is 24.8 Å². The minimum atomic E-state index is -4.53. The molecule has 0 radical (unpaired) electrons. The number of nitrogens with one attached hydrogen (secondary N) is 1. The SMILES string of the molecule is Cc1cc(Cn2c(Nc3cccc(C(F)(F)F)c3)nc(=O)n(C3CCCCC3)c2=O)ccc1Cl. The second-order valence-corrected chi connectivity index (χ2v) is 8.94. The Bertz CT molecular complexity index is 1310. The predicted octanol–water partition coefficient (Wildman–Crippen LogP) is 5.68. The molecule has 6 nitrogen and oxygen atoms in total. The van der Waals surface area contributed by atoms with Crippen molar-refractivity contribution < 1.29 is 13.2 Å². The third-order valence-electron chi connectivity index (χ3n) is 6.05. The zero-order valence-electron chi connectivity index (χ0n) is 18.5. The Morgan fingerprint density at radius 1 is 1.09 bits per heavy atom. The smallest absolute Gasteiger partial charge is 0.325 e. The van der Waals surface area contributed by atoms with E-state index in [1.807, 2.05) is 13.0 Å². The molecular formula is C24H24ClF3N4O2. The summed E-state index contributed by atoms with van der Waals surface area (Å²) in [6.07, 6.45) is -0.245. The highest BCUT2D eigenvalue weighted by Gasteiger charge is 2.30. The van der Waals surface area contributed by atoms with Crippen LogP contribution in [0.5, 0.6) is 0 Å². The fourth-order valence-corrected chi connectivity index (χ4v) is 4.40. The molecule has 0 atom stereocenters. The van der Waals surface area contributed by atoms with E-state index in [-0.39, 0.29) is 24.2 Å². The van der Waals surface area contributed by atoms with Gasteiger partial charge in [0.1, 0.15) is 0 Å². The lowest BCUT2D eigenvalue weighted by Gasteiger charge is -2.24. The molecule has 0 amide bonds. The highest BCUT2D eigenvalue weighted by molar-refractivity contribution is 6.31. The van der Waals surface area contributed by atoms with Gasteiger partial charge in [-0.2, -0.15) is 18.2 Å². The molecule has 2 aromatic carbocycles. The molecule has 0 bridgehead atoms. The van der Waals surface area contributed by atoms with Crippen molar-refractivity contribution >= 4 is 23.2 Å². The quantitative estimate of drug-likeness (QED) is 0.497. The molecule has 1 saturated carbocycles. The van der Waals surface area contributed by atoms with Gasteiger partial charge in [-0.1, -0.05) is 49.1 Å². The Labute approximate surface area is 199 Å². The second-order valence-electron chi connectivity index (χ2n) is 8.54. The number of benzene rings is 2. The number of alkyl halides is 3. The summed E-state index contributed by atoms with van der Waals surface area (Å²) >= 11 is 6.12. The van der Waals surface area contributed by atoms with E-state index in [9.17, 15) is 22.8 Å². The summed E-state index contributed by atoms with van der Waals surface area (Å²) in [5.41, 5.74) is -0.489. The fourth-order valence-electron chi connectivity index (χ4n) is 4.29. The highest BCUT2D eigenvalue weighted by atomic mass is 35.5. The molecule has 10 heteroatoms. The summed E-state index contributed by atoms with van der Waals surface area (Å²) in [4.78, 5) is 30.5. The molecule has 1 heterocycles. The standard InChI is InChI=1S/C24H24ClF3N4O2/c1-15-12-16(10-11-20(15)25)14-31-21(29-18-7-5-6-17(13-18)24(26,27)28)30-22(33)32(23(31)34)19-8-3-2-4-9-19/h5-7,10-13,19H,2-4,8-9,14H2,1H3,(H,29,30,33). The Morgan fingerprint density at radius 2 is 1.82 bits per heavy atom. The third kappa shape index (κ3) is 5.19. The van der Waals surface area contributed by atoms with Crippen molar-refractivity contribution in [3.8, 4) is 0 Å². The molecule has 0 saturated heterocycles. The van der Waals surface area contributed by atoms with Crippen LogP contribution in [-0.4, -0.2) is 14.1 Å². The van der Waals surface area contributed by atoms with Gasteiger partial charge in [0.05, 0.1) is 12.1 Å². The number of rotatable bonds is 5. The Morgan fingerprint density at radius 3 is 2.50 bits per heavy atom. The molecule has 34 heavy (non-hydrogen) atoms. The lowest BCUT2D eigenvalue weighted by molar-refractivity contribution is -0.137. The number of nitrogens with zero attached hydrogens (tertiary/aromatic N) is 3. The van der Waals surface area contributed by atoms with Crippen LogP contribution in [0, 0.1) is 6.92 Å². The number of hydrogen-bond donors (Lipinski definition) is 1. The summed E-state index contributed by atoms with van der Waals surface area (Å²) in [7, 11) is 0. The first-order valence-corrected chi connectivity index (χ1v) is 11.4. The molecule has 4 rings (SSSR count). The van der Waals surface area contributed by atoms with E-state index in [0.29, 0.717) is 17.9 Å². The van der Waals surface area contributed by atoms with Crippen LogP contribution >= 0.6 is 11.6 Å². The van der Waals surface area contributed by atoms with Gasteiger partial charge < -0.3 is 5.32 Å². The summed E-state index contributed by atoms with van der Waals surface area (Å²) in [5.74, 6) is -0.117. The summed E-state index contributed by atoms with van der Waals surface area (Å²) in [6.45, 7) is 1.90. The first kappa shape index (κ1) is 24.1. The number of hydrogen-bond acceptors (Lipinski definition) is 4. The summed E-state index contributed by atoms with van der Waals surface area (Å²) in [5, 5.41) is 3.33. The monoisotopic (exact) mass is 492 g/mol. The van der Waals surface area contributed by atoms with Crippen molar-refractivity contribution in [3.63, 3.8) is 0 Å². The molecule has 1 aliphatic carbocycles. The Hall–Kier alpha value is -3.07. The molecule has 0 aliphatic heterocycles. The van der Waals surface area contributed by atoms with Crippen LogP contribution in [-0.2, 0) is 12.7 Å². The first-order valence-electron chi connectivity index (χ1n) is 11.1. The molecule has 1 fully saturated rings. The molecule has 1 N–H and O–H groups in total. The van der Waals surface area contributed by atoms with E-state index >= 15 is 0 Å². The van der Waals surface area contributed by atoms with E-state index in [1.54, 1.807) is 12.1 Å². The van der Waals surface area contributed by atoms with Gasteiger partial charge in [0.25, 0.3) is 0 Å².